The van der Waals surface area contributed by atoms with Crippen molar-refractivity contribution in [3.8, 4) is 0 Å². The molecule has 2 N–H and O–H groups in total. The van der Waals surface area contributed by atoms with Crippen LogP contribution < -0.4 is 5.73 Å². The maximum Gasteiger partial charge on any atom is 0.264 e. The van der Waals surface area contributed by atoms with Crippen molar-refractivity contribution in [3.05, 3.63) is 35.1 Å². The van der Waals surface area contributed by atoms with Crippen molar-refractivity contribution in [2.24, 2.45) is 5.73 Å². The smallest absolute Gasteiger partial charge is 0.264 e. The molecule has 0 spiro atoms. The summed E-state index contributed by atoms with van der Waals surface area (Å²) >= 11 is 0. The van der Waals surface area contributed by atoms with Gasteiger partial charge in [-0.1, -0.05) is 6.07 Å². The molecule has 0 atom stereocenters. The molecular weight excluding hydrogens is 179 g/mol. The highest BCUT2D eigenvalue weighted by Crippen LogP contribution is 2.23. The second-order valence-corrected chi connectivity index (χ2v) is 2.68. The van der Waals surface area contributed by atoms with Gasteiger partial charge in [0, 0.05) is 5.56 Å². The highest BCUT2D eigenvalue weighted by molar-refractivity contribution is 5.29. The van der Waals surface area contributed by atoms with E-state index in [0.29, 0.717) is 12.0 Å². The molecule has 0 unspecified atom stereocenters. The third-order valence-corrected chi connectivity index (χ3v) is 1.76. The first-order chi connectivity index (χ1) is 6.15. The molecule has 0 bridgehead atoms. The molecule has 0 aliphatic heterocycles. The van der Waals surface area contributed by atoms with E-state index in [1.807, 2.05) is 0 Å². The van der Waals surface area contributed by atoms with Crippen molar-refractivity contribution in [1.29, 1.82) is 0 Å². The Labute approximate surface area is 74.4 Å². The molecular formula is C9H10F3N. The lowest BCUT2D eigenvalue weighted by Gasteiger charge is -2.07. The van der Waals surface area contributed by atoms with Gasteiger partial charge in [-0.3, -0.25) is 0 Å². The number of nitrogens with two attached hydrogens (primary N) is 1. The van der Waals surface area contributed by atoms with E-state index in [0.717, 1.165) is 12.1 Å². The number of halogens is 3. The number of benzene rings is 1. The molecule has 0 saturated carbocycles. The molecule has 0 amide bonds. The summed E-state index contributed by atoms with van der Waals surface area (Å²) in [6, 6.07) is 3.37. The fraction of sp³-hybridized carbons (Fsp3) is 0.333. The standard InChI is InChI=1S/C9H10F3N/c10-7-2-1-6(3-4-13)8(5-7)9(11)12/h1-2,5,9H,3-4,13H2. The predicted octanol–water partition coefficient (Wildman–Crippen LogP) is 2.26. The van der Waals surface area contributed by atoms with E-state index in [1.54, 1.807) is 0 Å². The Morgan fingerprint density at radius 3 is 2.54 bits per heavy atom. The summed E-state index contributed by atoms with van der Waals surface area (Å²) in [5.74, 6) is -0.643. The second-order valence-electron chi connectivity index (χ2n) is 2.68. The van der Waals surface area contributed by atoms with Crippen LogP contribution in [0.2, 0.25) is 0 Å². The van der Waals surface area contributed by atoms with E-state index in [-0.39, 0.29) is 12.1 Å². The van der Waals surface area contributed by atoms with E-state index in [4.69, 9.17) is 5.73 Å². The van der Waals surface area contributed by atoms with Gasteiger partial charge in [-0.15, -0.1) is 0 Å². The molecule has 4 heteroatoms. The first-order valence-electron chi connectivity index (χ1n) is 3.91. The zero-order chi connectivity index (χ0) is 9.84. The summed E-state index contributed by atoms with van der Waals surface area (Å²) in [5.41, 5.74) is 5.39. The summed E-state index contributed by atoms with van der Waals surface area (Å²) in [5, 5.41) is 0. The Bertz CT molecular complexity index is 286. The van der Waals surface area contributed by atoms with E-state index >= 15 is 0 Å². The summed E-state index contributed by atoms with van der Waals surface area (Å²) < 4.78 is 37.2. The average Bonchev–Trinajstić information content (AvgIpc) is 2.08. The summed E-state index contributed by atoms with van der Waals surface area (Å²) in [7, 11) is 0. The summed E-state index contributed by atoms with van der Waals surface area (Å²) in [6.45, 7) is 0.283. The summed E-state index contributed by atoms with van der Waals surface area (Å²) in [6.07, 6.45) is -2.29. The predicted molar refractivity (Wildman–Crippen MR) is 44.1 cm³/mol. The first-order valence-corrected chi connectivity index (χ1v) is 3.91. The molecule has 0 saturated heterocycles. The molecule has 0 aliphatic rings. The minimum absolute atomic E-state index is 0.259. The van der Waals surface area contributed by atoms with Gasteiger partial charge in [0.2, 0.25) is 0 Å². The number of hydrogen-bond donors (Lipinski definition) is 1. The van der Waals surface area contributed by atoms with Gasteiger partial charge < -0.3 is 5.73 Å². The van der Waals surface area contributed by atoms with Crippen LogP contribution in [0.15, 0.2) is 18.2 Å². The van der Waals surface area contributed by atoms with Crippen LogP contribution in [0.3, 0.4) is 0 Å². The lowest BCUT2D eigenvalue weighted by molar-refractivity contribution is 0.150. The molecule has 1 aromatic rings. The molecule has 72 valence electrons. The number of alkyl halides is 2. The summed E-state index contributed by atoms with van der Waals surface area (Å²) in [4.78, 5) is 0. The van der Waals surface area contributed by atoms with Crippen molar-refractivity contribution in [1.82, 2.24) is 0 Å². The number of rotatable bonds is 3. The SMILES string of the molecule is NCCc1ccc(F)cc1C(F)F. The monoisotopic (exact) mass is 189 g/mol. The van der Waals surface area contributed by atoms with Crippen LogP contribution >= 0.6 is 0 Å². The van der Waals surface area contributed by atoms with Crippen molar-refractivity contribution < 1.29 is 13.2 Å². The van der Waals surface area contributed by atoms with Crippen LogP contribution in [0.25, 0.3) is 0 Å². The Balaban J connectivity index is 3.03. The van der Waals surface area contributed by atoms with Gasteiger partial charge in [0.05, 0.1) is 0 Å². The van der Waals surface area contributed by atoms with Crippen molar-refractivity contribution in [2.45, 2.75) is 12.8 Å². The van der Waals surface area contributed by atoms with E-state index in [1.165, 1.54) is 6.07 Å². The van der Waals surface area contributed by atoms with Gasteiger partial charge in [0.1, 0.15) is 5.82 Å². The van der Waals surface area contributed by atoms with Crippen LogP contribution in [0.1, 0.15) is 17.6 Å². The van der Waals surface area contributed by atoms with Gasteiger partial charge in [-0.2, -0.15) is 0 Å². The first kappa shape index (κ1) is 10.1. The Morgan fingerprint density at radius 1 is 1.31 bits per heavy atom. The van der Waals surface area contributed by atoms with Crippen LogP contribution in [0.4, 0.5) is 13.2 Å². The lowest BCUT2D eigenvalue weighted by atomic mass is 10.0. The molecule has 1 nitrogen and oxygen atoms in total. The zero-order valence-corrected chi connectivity index (χ0v) is 6.93. The average molecular weight is 189 g/mol. The fourth-order valence-corrected chi connectivity index (χ4v) is 1.15. The third kappa shape index (κ3) is 2.45. The van der Waals surface area contributed by atoms with Crippen molar-refractivity contribution in [3.63, 3.8) is 0 Å². The molecule has 0 radical (unpaired) electrons. The minimum Gasteiger partial charge on any atom is -0.330 e. The van der Waals surface area contributed by atoms with Gasteiger partial charge in [0.15, 0.2) is 0 Å². The molecule has 1 rings (SSSR count). The van der Waals surface area contributed by atoms with Crippen LogP contribution in [-0.4, -0.2) is 6.54 Å². The molecule has 1 aromatic carbocycles. The largest absolute Gasteiger partial charge is 0.330 e. The maximum absolute atomic E-state index is 12.6. The molecule has 0 aliphatic carbocycles. The maximum atomic E-state index is 12.6. The van der Waals surface area contributed by atoms with E-state index < -0.39 is 12.2 Å². The van der Waals surface area contributed by atoms with Crippen LogP contribution in [0.5, 0.6) is 0 Å². The number of hydrogen-bond acceptors (Lipinski definition) is 1. The quantitative estimate of drug-likeness (QED) is 0.775. The van der Waals surface area contributed by atoms with Crippen LogP contribution in [0, 0.1) is 5.82 Å². The van der Waals surface area contributed by atoms with E-state index in [2.05, 4.69) is 0 Å². The van der Waals surface area contributed by atoms with Gasteiger partial charge >= 0.3 is 0 Å². The third-order valence-electron chi connectivity index (χ3n) is 1.76. The zero-order valence-electron chi connectivity index (χ0n) is 6.93. The Morgan fingerprint density at radius 2 is 2.00 bits per heavy atom. The Hall–Kier alpha value is -1.03. The molecule has 0 fully saturated rings. The van der Waals surface area contributed by atoms with Gasteiger partial charge in [-0.05, 0) is 30.7 Å². The highest BCUT2D eigenvalue weighted by atomic mass is 19.3. The normalized spacial score (nSPS) is 10.8. The molecule has 0 heterocycles. The molecule has 13 heavy (non-hydrogen) atoms. The highest BCUT2D eigenvalue weighted by Gasteiger charge is 2.12. The van der Waals surface area contributed by atoms with Gasteiger partial charge in [-0.25, -0.2) is 13.2 Å². The topological polar surface area (TPSA) is 26.0 Å². The van der Waals surface area contributed by atoms with Crippen molar-refractivity contribution in [2.75, 3.05) is 6.54 Å². The van der Waals surface area contributed by atoms with Crippen molar-refractivity contribution >= 4 is 0 Å². The van der Waals surface area contributed by atoms with Gasteiger partial charge in [0.25, 0.3) is 6.43 Å². The van der Waals surface area contributed by atoms with Crippen LogP contribution in [-0.2, 0) is 6.42 Å². The molecule has 0 aromatic heterocycles. The second kappa shape index (κ2) is 4.28. The fourth-order valence-electron chi connectivity index (χ4n) is 1.15. The minimum atomic E-state index is -2.64. The lowest BCUT2D eigenvalue weighted by Crippen LogP contribution is -2.05. The Kier molecular flexibility index (Phi) is 3.31. The van der Waals surface area contributed by atoms with E-state index in [9.17, 15) is 13.2 Å².